The van der Waals surface area contributed by atoms with Crippen molar-refractivity contribution in [3.8, 4) is 0 Å². The zero-order valence-electron chi connectivity index (χ0n) is 6.13. The van der Waals surface area contributed by atoms with Crippen LogP contribution in [0.25, 0.3) is 11.0 Å². The Morgan fingerprint density at radius 1 is 1.58 bits per heavy atom. The summed E-state index contributed by atoms with van der Waals surface area (Å²) < 4.78 is 0. The van der Waals surface area contributed by atoms with Crippen molar-refractivity contribution in [3.63, 3.8) is 0 Å². The first kappa shape index (κ1) is 7.58. The lowest BCUT2D eigenvalue weighted by Gasteiger charge is -1.99. The lowest BCUT2D eigenvalue weighted by molar-refractivity contribution is 0.283. The van der Waals surface area contributed by atoms with E-state index < -0.39 is 0 Å². The fourth-order valence-corrected chi connectivity index (χ4v) is 1.35. The first-order chi connectivity index (χ1) is 5.83. The molecule has 2 N–H and O–H groups in total. The Bertz CT molecular complexity index is 410. The number of aliphatic hydroxyl groups excluding tert-OH is 1. The topological polar surface area (TPSA) is 48.9 Å². The van der Waals surface area contributed by atoms with Gasteiger partial charge in [0.2, 0.25) is 0 Å². The van der Waals surface area contributed by atoms with Crippen LogP contribution in [-0.2, 0) is 6.61 Å². The minimum absolute atomic E-state index is 0.102. The zero-order chi connectivity index (χ0) is 8.55. The number of halogens is 1. The summed E-state index contributed by atoms with van der Waals surface area (Å²) in [5.74, 6) is 0. The number of nitrogens with zero attached hydrogens (tertiary/aromatic N) is 1. The first-order valence-electron chi connectivity index (χ1n) is 3.47. The maximum atomic E-state index is 8.98. The molecule has 4 heteroatoms. The maximum absolute atomic E-state index is 8.98. The third kappa shape index (κ3) is 0.983. The van der Waals surface area contributed by atoms with Gasteiger partial charge in [0.15, 0.2) is 6.33 Å². The Labute approximate surface area is 74.0 Å². The van der Waals surface area contributed by atoms with Crippen LogP contribution in [-0.4, -0.2) is 15.1 Å². The molecule has 1 aromatic heterocycles. The van der Waals surface area contributed by atoms with Crippen molar-refractivity contribution >= 4 is 22.6 Å². The van der Waals surface area contributed by atoms with Gasteiger partial charge < -0.3 is 10.1 Å². The lowest BCUT2D eigenvalue weighted by atomic mass is 10.2. The van der Waals surface area contributed by atoms with E-state index in [1.54, 1.807) is 12.1 Å². The SMILES string of the molecule is OCc1c(Cl)ccc2[nH][c]nc12. The van der Waals surface area contributed by atoms with Gasteiger partial charge in [0.1, 0.15) is 0 Å². The molecule has 3 nitrogen and oxygen atoms in total. The molecule has 2 rings (SSSR count). The number of aromatic amines is 1. The van der Waals surface area contributed by atoms with E-state index in [-0.39, 0.29) is 6.61 Å². The van der Waals surface area contributed by atoms with E-state index in [0.29, 0.717) is 16.1 Å². The van der Waals surface area contributed by atoms with Crippen molar-refractivity contribution in [2.75, 3.05) is 0 Å². The van der Waals surface area contributed by atoms with Crippen LogP contribution >= 0.6 is 11.6 Å². The number of H-pyrrole nitrogens is 1. The summed E-state index contributed by atoms with van der Waals surface area (Å²) in [6.07, 6.45) is 2.59. The van der Waals surface area contributed by atoms with Gasteiger partial charge in [-0.3, -0.25) is 0 Å². The number of fused-ring (bicyclic) bond motifs is 1. The molecule has 0 bridgehead atoms. The smallest absolute Gasteiger partial charge is 0.174 e. The summed E-state index contributed by atoms with van der Waals surface area (Å²) in [5, 5.41) is 9.52. The number of benzene rings is 1. The van der Waals surface area contributed by atoms with Crippen molar-refractivity contribution in [2.45, 2.75) is 6.61 Å². The molecule has 0 atom stereocenters. The molecule has 12 heavy (non-hydrogen) atoms. The summed E-state index contributed by atoms with van der Waals surface area (Å²) in [6.45, 7) is -0.102. The quantitative estimate of drug-likeness (QED) is 0.701. The molecular formula is C8H6ClN2O. The Balaban J connectivity index is 2.83. The van der Waals surface area contributed by atoms with Crippen LogP contribution in [0.15, 0.2) is 12.1 Å². The summed E-state index contributed by atoms with van der Waals surface area (Å²) in [5.41, 5.74) is 2.17. The number of rotatable bonds is 1. The fourth-order valence-electron chi connectivity index (χ4n) is 1.13. The third-order valence-electron chi connectivity index (χ3n) is 1.74. The van der Waals surface area contributed by atoms with Crippen LogP contribution in [0.2, 0.25) is 5.02 Å². The van der Waals surface area contributed by atoms with Crippen LogP contribution in [0, 0.1) is 6.33 Å². The van der Waals surface area contributed by atoms with Gasteiger partial charge in [-0.1, -0.05) is 11.6 Å². The van der Waals surface area contributed by atoms with E-state index in [0.717, 1.165) is 5.52 Å². The van der Waals surface area contributed by atoms with Crippen molar-refractivity contribution in [1.29, 1.82) is 0 Å². The summed E-state index contributed by atoms with van der Waals surface area (Å²) in [7, 11) is 0. The summed E-state index contributed by atoms with van der Waals surface area (Å²) >= 11 is 5.83. The molecule has 0 saturated heterocycles. The van der Waals surface area contributed by atoms with Crippen molar-refractivity contribution in [2.24, 2.45) is 0 Å². The lowest BCUT2D eigenvalue weighted by Crippen LogP contribution is -1.86. The van der Waals surface area contributed by atoms with Gasteiger partial charge in [-0.2, -0.15) is 0 Å². The maximum Gasteiger partial charge on any atom is 0.174 e. The normalized spacial score (nSPS) is 10.8. The number of nitrogens with one attached hydrogen (secondary N) is 1. The van der Waals surface area contributed by atoms with E-state index >= 15 is 0 Å². The molecule has 0 aliphatic rings. The average Bonchev–Trinajstić information content (AvgIpc) is 2.52. The van der Waals surface area contributed by atoms with Crippen molar-refractivity contribution < 1.29 is 5.11 Å². The largest absolute Gasteiger partial charge is 0.392 e. The highest BCUT2D eigenvalue weighted by atomic mass is 35.5. The van der Waals surface area contributed by atoms with Gasteiger partial charge in [-0.25, -0.2) is 4.98 Å². The Hall–Kier alpha value is -1.06. The fraction of sp³-hybridized carbons (Fsp3) is 0.125. The number of aliphatic hydroxyl groups is 1. The molecule has 0 amide bonds. The molecule has 0 saturated carbocycles. The van der Waals surface area contributed by atoms with Gasteiger partial charge in [-0.05, 0) is 12.1 Å². The molecule has 1 heterocycles. The van der Waals surface area contributed by atoms with Crippen molar-refractivity contribution in [1.82, 2.24) is 9.97 Å². The van der Waals surface area contributed by atoms with Crippen molar-refractivity contribution in [3.05, 3.63) is 29.0 Å². The second kappa shape index (κ2) is 2.77. The third-order valence-corrected chi connectivity index (χ3v) is 2.10. The Morgan fingerprint density at radius 3 is 3.17 bits per heavy atom. The van der Waals surface area contributed by atoms with Crippen LogP contribution in [0.3, 0.4) is 0 Å². The predicted molar refractivity (Wildman–Crippen MR) is 45.9 cm³/mol. The summed E-state index contributed by atoms with van der Waals surface area (Å²) in [4.78, 5) is 6.74. The highest BCUT2D eigenvalue weighted by molar-refractivity contribution is 6.32. The van der Waals surface area contributed by atoms with E-state index in [1.807, 2.05) is 0 Å². The van der Waals surface area contributed by atoms with E-state index in [9.17, 15) is 0 Å². The zero-order valence-corrected chi connectivity index (χ0v) is 6.89. The van der Waals surface area contributed by atoms with E-state index in [2.05, 4.69) is 16.3 Å². The highest BCUT2D eigenvalue weighted by Crippen LogP contribution is 2.23. The highest BCUT2D eigenvalue weighted by Gasteiger charge is 2.06. The molecule has 0 unspecified atom stereocenters. The molecule has 0 aliphatic carbocycles. The molecular weight excluding hydrogens is 176 g/mol. The Morgan fingerprint density at radius 2 is 2.42 bits per heavy atom. The first-order valence-corrected chi connectivity index (χ1v) is 3.84. The molecule has 1 aromatic carbocycles. The second-order valence-electron chi connectivity index (χ2n) is 2.43. The predicted octanol–water partition coefficient (Wildman–Crippen LogP) is 1.51. The monoisotopic (exact) mass is 181 g/mol. The van der Waals surface area contributed by atoms with Crippen LogP contribution in [0.5, 0.6) is 0 Å². The van der Waals surface area contributed by atoms with Gasteiger partial charge in [-0.15, -0.1) is 0 Å². The van der Waals surface area contributed by atoms with E-state index in [4.69, 9.17) is 16.7 Å². The van der Waals surface area contributed by atoms with Gasteiger partial charge in [0.25, 0.3) is 0 Å². The van der Waals surface area contributed by atoms with Gasteiger partial charge in [0.05, 0.1) is 17.6 Å². The standard InChI is InChI=1S/C8H6ClN2O/c9-6-1-2-7-8(5(6)3-12)11-4-10-7/h1-2,12H,3H2,(H,10,11). The molecule has 1 radical (unpaired) electrons. The van der Waals surface area contributed by atoms with Gasteiger partial charge in [0, 0.05) is 10.6 Å². The van der Waals surface area contributed by atoms with Crippen LogP contribution < -0.4 is 0 Å². The molecule has 0 aliphatic heterocycles. The minimum atomic E-state index is -0.102. The van der Waals surface area contributed by atoms with Gasteiger partial charge >= 0.3 is 0 Å². The van der Waals surface area contributed by atoms with E-state index in [1.165, 1.54) is 0 Å². The number of hydrogen-bond acceptors (Lipinski definition) is 2. The molecule has 2 aromatic rings. The van der Waals surface area contributed by atoms with Crippen LogP contribution in [0.4, 0.5) is 0 Å². The van der Waals surface area contributed by atoms with Crippen LogP contribution in [0.1, 0.15) is 5.56 Å². The molecule has 0 spiro atoms. The number of aromatic nitrogens is 2. The minimum Gasteiger partial charge on any atom is -0.392 e. The molecule has 0 fully saturated rings. The molecule has 61 valence electrons. The number of imidazole rings is 1. The summed E-state index contributed by atoms with van der Waals surface area (Å²) in [6, 6.07) is 3.53. The number of hydrogen-bond donors (Lipinski definition) is 2. The average molecular weight is 182 g/mol. The Kier molecular flexibility index (Phi) is 1.75. The second-order valence-corrected chi connectivity index (χ2v) is 2.84.